The molecule has 3 rings (SSSR count). The van der Waals surface area contributed by atoms with Crippen LogP contribution in [0.2, 0.25) is 0 Å². The zero-order chi connectivity index (χ0) is 17.6. The second-order valence-corrected chi connectivity index (χ2v) is 6.32. The molecule has 3 heterocycles. The summed E-state index contributed by atoms with van der Waals surface area (Å²) < 4.78 is 7.43. The van der Waals surface area contributed by atoms with Gasteiger partial charge in [0.05, 0.1) is 30.6 Å². The summed E-state index contributed by atoms with van der Waals surface area (Å²) in [6, 6.07) is 1.84. The number of carbonyl (C=O) groups is 1. The van der Waals surface area contributed by atoms with E-state index in [2.05, 4.69) is 22.0 Å². The Bertz CT molecular complexity index is 715. The van der Waals surface area contributed by atoms with Crippen LogP contribution in [0.1, 0.15) is 41.6 Å². The molecule has 0 bridgehead atoms. The van der Waals surface area contributed by atoms with Crippen LogP contribution in [0.3, 0.4) is 0 Å². The highest BCUT2D eigenvalue weighted by atomic mass is 16.5. The highest BCUT2D eigenvalue weighted by Crippen LogP contribution is 2.17. The fourth-order valence-electron chi connectivity index (χ4n) is 3.12. The van der Waals surface area contributed by atoms with Crippen molar-refractivity contribution in [2.75, 3.05) is 19.8 Å². The first-order valence-electron chi connectivity index (χ1n) is 8.87. The summed E-state index contributed by atoms with van der Waals surface area (Å²) in [6.07, 6.45) is 7.86. The minimum Gasteiger partial charge on any atom is -0.377 e. The molecule has 1 atom stereocenters. The van der Waals surface area contributed by atoms with E-state index >= 15 is 0 Å². The SMILES string of the molecule is CCCn1ccc(C(=O)N2CCOCC2CCc2nccnc2C)n1. The molecule has 1 amide bonds. The maximum Gasteiger partial charge on any atom is 0.274 e. The van der Waals surface area contributed by atoms with Gasteiger partial charge < -0.3 is 9.64 Å². The minimum absolute atomic E-state index is 0.0148. The second-order valence-electron chi connectivity index (χ2n) is 6.32. The smallest absolute Gasteiger partial charge is 0.274 e. The molecule has 0 aromatic carbocycles. The molecule has 1 aliphatic rings. The van der Waals surface area contributed by atoms with Crippen molar-refractivity contribution >= 4 is 5.91 Å². The standard InChI is InChI=1S/C18H25N5O2/c1-3-9-22-10-6-17(21-22)18(24)23-11-12-25-13-15(23)4-5-16-14(2)19-7-8-20-16/h6-8,10,15H,3-5,9,11-13H2,1-2H3. The van der Waals surface area contributed by atoms with Gasteiger partial charge in [-0.05, 0) is 32.3 Å². The number of aromatic nitrogens is 4. The molecular weight excluding hydrogens is 318 g/mol. The first-order chi connectivity index (χ1) is 12.2. The number of amides is 1. The Hall–Kier alpha value is -2.28. The third-order valence-corrected chi connectivity index (χ3v) is 4.50. The molecule has 1 unspecified atom stereocenters. The summed E-state index contributed by atoms with van der Waals surface area (Å²) in [5, 5.41) is 4.40. The lowest BCUT2D eigenvalue weighted by atomic mass is 10.1. The van der Waals surface area contributed by atoms with E-state index in [9.17, 15) is 4.79 Å². The Morgan fingerprint density at radius 3 is 3.00 bits per heavy atom. The van der Waals surface area contributed by atoms with Crippen LogP contribution in [0.4, 0.5) is 0 Å². The van der Waals surface area contributed by atoms with Crippen LogP contribution in [-0.2, 0) is 17.7 Å². The number of carbonyl (C=O) groups excluding carboxylic acids is 1. The maximum atomic E-state index is 12.9. The van der Waals surface area contributed by atoms with Gasteiger partial charge in [0.2, 0.25) is 0 Å². The van der Waals surface area contributed by atoms with Crippen LogP contribution >= 0.6 is 0 Å². The highest BCUT2D eigenvalue weighted by molar-refractivity contribution is 5.92. The molecule has 0 spiro atoms. The van der Waals surface area contributed by atoms with Crippen molar-refractivity contribution in [2.45, 2.75) is 45.7 Å². The topological polar surface area (TPSA) is 73.1 Å². The van der Waals surface area contributed by atoms with Crippen molar-refractivity contribution in [3.05, 3.63) is 41.7 Å². The Labute approximate surface area is 148 Å². The summed E-state index contributed by atoms with van der Waals surface area (Å²) in [7, 11) is 0. The Morgan fingerprint density at radius 1 is 1.36 bits per heavy atom. The quantitative estimate of drug-likeness (QED) is 0.800. The lowest BCUT2D eigenvalue weighted by Crippen LogP contribution is -2.49. The van der Waals surface area contributed by atoms with E-state index in [1.165, 1.54) is 0 Å². The van der Waals surface area contributed by atoms with Crippen LogP contribution in [0, 0.1) is 6.92 Å². The van der Waals surface area contributed by atoms with E-state index in [4.69, 9.17) is 4.74 Å². The first kappa shape index (κ1) is 17.5. The molecule has 0 radical (unpaired) electrons. The normalized spacial score (nSPS) is 17.7. The van der Waals surface area contributed by atoms with Crippen LogP contribution < -0.4 is 0 Å². The van der Waals surface area contributed by atoms with E-state index in [1.54, 1.807) is 18.5 Å². The van der Waals surface area contributed by atoms with Crippen LogP contribution in [-0.4, -0.2) is 56.4 Å². The fourth-order valence-corrected chi connectivity index (χ4v) is 3.12. The molecule has 25 heavy (non-hydrogen) atoms. The molecule has 2 aromatic rings. The van der Waals surface area contributed by atoms with E-state index in [0.29, 0.717) is 25.5 Å². The van der Waals surface area contributed by atoms with Gasteiger partial charge in [-0.15, -0.1) is 0 Å². The van der Waals surface area contributed by atoms with Crippen molar-refractivity contribution in [2.24, 2.45) is 0 Å². The van der Waals surface area contributed by atoms with Crippen molar-refractivity contribution in [1.82, 2.24) is 24.6 Å². The predicted molar refractivity (Wildman–Crippen MR) is 93.3 cm³/mol. The number of morpholine rings is 1. The Kier molecular flexibility index (Phi) is 5.75. The zero-order valence-electron chi connectivity index (χ0n) is 14.9. The van der Waals surface area contributed by atoms with Crippen molar-refractivity contribution in [1.29, 1.82) is 0 Å². The Balaban J connectivity index is 1.67. The number of rotatable bonds is 6. The van der Waals surface area contributed by atoms with Gasteiger partial charge in [-0.2, -0.15) is 5.10 Å². The van der Waals surface area contributed by atoms with Gasteiger partial charge in [0, 0.05) is 31.7 Å². The zero-order valence-corrected chi connectivity index (χ0v) is 14.9. The number of nitrogens with zero attached hydrogens (tertiary/aromatic N) is 5. The van der Waals surface area contributed by atoms with Gasteiger partial charge in [-0.1, -0.05) is 6.92 Å². The number of hydrogen-bond acceptors (Lipinski definition) is 5. The van der Waals surface area contributed by atoms with Gasteiger partial charge in [0.25, 0.3) is 5.91 Å². The average Bonchev–Trinajstić information content (AvgIpc) is 3.10. The predicted octanol–water partition coefficient (Wildman–Crippen LogP) is 1.87. The van der Waals surface area contributed by atoms with Crippen LogP contribution in [0.5, 0.6) is 0 Å². The molecule has 1 aliphatic heterocycles. The van der Waals surface area contributed by atoms with Gasteiger partial charge in [-0.25, -0.2) is 0 Å². The van der Waals surface area contributed by atoms with Gasteiger partial charge in [0.15, 0.2) is 0 Å². The van der Waals surface area contributed by atoms with Crippen molar-refractivity contribution in [3.63, 3.8) is 0 Å². The largest absolute Gasteiger partial charge is 0.377 e. The van der Waals surface area contributed by atoms with Crippen LogP contribution in [0.25, 0.3) is 0 Å². The Morgan fingerprint density at radius 2 is 2.20 bits per heavy atom. The molecular formula is C18H25N5O2. The summed E-state index contributed by atoms with van der Waals surface area (Å²) in [5.41, 5.74) is 2.43. The second kappa shape index (κ2) is 8.20. The number of ether oxygens (including phenoxy) is 1. The molecule has 1 saturated heterocycles. The van der Waals surface area contributed by atoms with Gasteiger partial charge in [0.1, 0.15) is 5.69 Å². The van der Waals surface area contributed by atoms with Gasteiger partial charge >= 0.3 is 0 Å². The molecule has 134 valence electrons. The monoisotopic (exact) mass is 343 g/mol. The molecule has 7 heteroatoms. The van der Waals surface area contributed by atoms with Crippen molar-refractivity contribution < 1.29 is 9.53 Å². The first-order valence-corrected chi connectivity index (χ1v) is 8.87. The summed E-state index contributed by atoms with van der Waals surface area (Å²) in [6.45, 7) is 6.61. The molecule has 2 aromatic heterocycles. The fraction of sp³-hybridized carbons (Fsp3) is 0.556. The highest BCUT2D eigenvalue weighted by Gasteiger charge is 2.29. The minimum atomic E-state index is -0.0148. The molecule has 0 N–H and O–H groups in total. The van der Waals surface area contributed by atoms with Crippen LogP contribution in [0.15, 0.2) is 24.7 Å². The van der Waals surface area contributed by atoms with Gasteiger partial charge in [-0.3, -0.25) is 19.4 Å². The summed E-state index contributed by atoms with van der Waals surface area (Å²) in [5.74, 6) is -0.0148. The van der Waals surface area contributed by atoms with E-state index in [0.717, 1.165) is 37.2 Å². The number of aryl methyl sites for hydroxylation is 3. The summed E-state index contributed by atoms with van der Waals surface area (Å²) >= 11 is 0. The van der Waals surface area contributed by atoms with Crippen molar-refractivity contribution in [3.8, 4) is 0 Å². The molecule has 7 nitrogen and oxygen atoms in total. The average molecular weight is 343 g/mol. The lowest BCUT2D eigenvalue weighted by Gasteiger charge is -2.35. The number of hydrogen-bond donors (Lipinski definition) is 0. The molecule has 0 saturated carbocycles. The molecule has 0 aliphatic carbocycles. The third kappa shape index (κ3) is 4.22. The molecule has 1 fully saturated rings. The lowest BCUT2D eigenvalue weighted by molar-refractivity contribution is -0.00448. The summed E-state index contributed by atoms with van der Waals surface area (Å²) in [4.78, 5) is 23.4. The third-order valence-electron chi connectivity index (χ3n) is 4.50. The van der Waals surface area contributed by atoms with E-state index in [-0.39, 0.29) is 11.9 Å². The maximum absolute atomic E-state index is 12.9. The van der Waals surface area contributed by atoms with E-state index < -0.39 is 0 Å². The van der Waals surface area contributed by atoms with E-state index in [1.807, 2.05) is 22.7 Å².